The number of anilines is 1. The number of nitrogens with one attached hydrogen (secondary N) is 1. The summed E-state index contributed by atoms with van der Waals surface area (Å²) in [4.78, 5) is 13.4. The molecule has 1 N–H and O–H groups in total. The first-order valence-electron chi connectivity index (χ1n) is 7.50. The van der Waals surface area contributed by atoms with Gasteiger partial charge in [-0.2, -0.15) is 5.10 Å². The van der Waals surface area contributed by atoms with E-state index in [1.165, 1.54) is 12.5 Å². The third kappa shape index (κ3) is 3.04. The molecule has 0 unspecified atom stereocenters. The minimum Gasteiger partial charge on any atom is -0.361 e. The standard InChI is InChI=1S/C15H21N5O2/c1-10-14(11(2)22-18-10)9-19-6-4-13(8-19)20-7-5-15(17-20)16-12(3)21/h5,7,13H,4,6,8-9H2,1-3H3,(H,16,17,21)/t13-/m1/s1. The van der Waals surface area contributed by atoms with Gasteiger partial charge in [-0.05, 0) is 20.3 Å². The first-order valence-corrected chi connectivity index (χ1v) is 7.50. The number of aromatic nitrogens is 3. The van der Waals surface area contributed by atoms with Crippen molar-refractivity contribution in [3.63, 3.8) is 0 Å². The van der Waals surface area contributed by atoms with Crippen LogP contribution in [0.15, 0.2) is 16.8 Å². The molecule has 118 valence electrons. The van der Waals surface area contributed by atoms with Gasteiger partial charge in [0.15, 0.2) is 5.82 Å². The lowest BCUT2D eigenvalue weighted by molar-refractivity contribution is -0.114. The summed E-state index contributed by atoms with van der Waals surface area (Å²) in [5.74, 6) is 1.40. The number of amides is 1. The van der Waals surface area contributed by atoms with Crippen LogP contribution in [0.4, 0.5) is 5.82 Å². The van der Waals surface area contributed by atoms with Gasteiger partial charge in [-0.25, -0.2) is 0 Å². The topological polar surface area (TPSA) is 76.2 Å². The van der Waals surface area contributed by atoms with Crippen molar-refractivity contribution in [2.45, 2.75) is 39.8 Å². The first kappa shape index (κ1) is 14.8. The first-order chi connectivity index (χ1) is 10.5. The molecule has 1 fully saturated rings. The Balaban J connectivity index is 1.62. The lowest BCUT2D eigenvalue weighted by Gasteiger charge is -2.16. The Labute approximate surface area is 129 Å². The minimum atomic E-state index is -0.100. The second kappa shape index (κ2) is 5.92. The van der Waals surface area contributed by atoms with Crippen molar-refractivity contribution in [3.8, 4) is 0 Å². The molecular weight excluding hydrogens is 282 g/mol. The molecule has 2 aromatic heterocycles. The van der Waals surface area contributed by atoms with Crippen LogP contribution in [0.1, 0.15) is 36.4 Å². The van der Waals surface area contributed by atoms with E-state index in [1.54, 1.807) is 0 Å². The lowest BCUT2D eigenvalue weighted by Crippen LogP contribution is -2.22. The van der Waals surface area contributed by atoms with Gasteiger partial charge < -0.3 is 9.84 Å². The summed E-state index contributed by atoms with van der Waals surface area (Å²) in [6.07, 6.45) is 2.97. The number of hydrogen-bond donors (Lipinski definition) is 1. The van der Waals surface area contributed by atoms with Gasteiger partial charge >= 0.3 is 0 Å². The number of nitrogens with zero attached hydrogens (tertiary/aromatic N) is 4. The van der Waals surface area contributed by atoms with Crippen LogP contribution in [-0.4, -0.2) is 38.8 Å². The van der Waals surface area contributed by atoms with Gasteiger partial charge in [0.2, 0.25) is 5.91 Å². The summed E-state index contributed by atoms with van der Waals surface area (Å²) in [7, 11) is 0. The molecule has 1 aliphatic heterocycles. The Morgan fingerprint density at radius 3 is 3.00 bits per heavy atom. The Bertz CT molecular complexity index is 656. The highest BCUT2D eigenvalue weighted by molar-refractivity contribution is 5.87. The van der Waals surface area contributed by atoms with E-state index >= 15 is 0 Å². The van der Waals surface area contributed by atoms with E-state index in [1.807, 2.05) is 30.8 Å². The van der Waals surface area contributed by atoms with Crippen LogP contribution in [0.3, 0.4) is 0 Å². The Morgan fingerprint density at radius 2 is 2.32 bits per heavy atom. The van der Waals surface area contributed by atoms with Crippen molar-refractivity contribution in [2.24, 2.45) is 0 Å². The highest BCUT2D eigenvalue weighted by atomic mass is 16.5. The monoisotopic (exact) mass is 303 g/mol. The van der Waals surface area contributed by atoms with E-state index in [2.05, 4.69) is 20.5 Å². The Hall–Kier alpha value is -2.15. The molecule has 0 aromatic carbocycles. The second-order valence-electron chi connectivity index (χ2n) is 5.84. The SMILES string of the molecule is CC(=O)Nc1ccn([C@@H]2CCN(Cc3c(C)noc3C)C2)n1. The van der Waals surface area contributed by atoms with Crippen LogP contribution >= 0.6 is 0 Å². The summed E-state index contributed by atoms with van der Waals surface area (Å²) in [6.45, 7) is 8.23. The molecule has 3 heterocycles. The predicted molar refractivity (Wildman–Crippen MR) is 81.4 cm³/mol. The number of hydrogen-bond acceptors (Lipinski definition) is 5. The van der Waals surface area contributed by atoms with E-state index in [4.69, 9.17) is 4.52 Å². The predicted octanol–water partition coefficient (Wildman–Crippen LogP) is 1.89. The average molecular weight is 303 g/mol. The molecule has 0 aliphatic carbocycles. The van der Waals surface area contributed by atoms with E-state index in [-0.39, 0.29) is 5.91 Å². The molecular formula is C15H21N5O2. The molecule has 1 saturated heterocycles. The Morgan fingerprint density at radius 1 is 1.50 bits per heavy atom. The van der Waals surface area contributed by atoms with Crippen LogP contribution in [0, 0.1) is 13.8 Å². The molecule has 2 aromatic rings. The van der Waals surface area contributed by atoms with Gasteiger partial charge in [-0.3, -0.25) is 14.4 Å². The van der Waals surface area contributed by atoms with E-state index < -0.39 is 0 Å². The molecule has 7 nitrogen and oxygen atoms in total. The highest BCUT2D eigenvalue weighted by Crippen LogP contribution is 2.25. The fourth-order valence-corrected chi connectivity index (χ4v) is 2.91. The zero-order chi connectivity index (χ0) is 15.7. The van der Waals surface area contributed by atoms with Crippen molar-refractivity contribution in [2.75, 3.05) is 18.4 Å². The van der Waals surface area contributed by atoms with E-state index in [0.29, 0.717) is 11.9 Å². The zero-order valence-corrected chi connectivity index (χ0v) is 13.2. The number of carbonyl (C=O) groups is 1. The number of carbonyl (C=O) groups excluding carboxylic acids is 1. The molecule has 1 amide bonds. The van der Waals surface area contributed by atoms with Gasteiger partial charge in [0.25, 0.3) is 0 Å². The summed E-state index contributed by atoms with van der Waals surface area (Å²) in [6, 6.07) is 2.17. The third-order valence-corrected chi connectivity index (χ3v) is 4.10. The van der Waals surface area contributed by atoms with Crippen LogP contribution in [-0.2, 0) is 11.3 Å². The zero-order valence-electron chi connectivity index (χ0n) is 13.2. The van der Waals surface area contributed by atoms with Gasteiger partial charge in [0.05, 0.1) is 11.7 Å². The van der Waals surface area contributed by atoms with Crippen LogP contribution in [0.2, 0.25) is 0 Å². The maximum absolute atomic E-state index is 11.1. The maximum Gasteiger partial charge on any atom is 0.222 e. The van der Waals surface area contributed by atoms with Crippen molar-refractivity contribution >= 4 is 11.7 Å². The van der Waals surface area contributed by atoms with E-state index in [0.717, 1.165) is 37.5 Å². The summed E-state index contributed by atoms with van der Waals surface area (Å²) < 4.78 is 7.17. The largest absolute Gasteiger partial charge is 0.361 e. The van der Waals surface area contributed by atoms with Gasteiger partial charge in [-0.1, -0.05) is 5.16 Å². The second-order valence-corrected chi connectivity index (χ2v) is 5.84. The van der Waals surface area contributed by atoms with Crippen LogP contribution < -0.4 is 5.32 Å². The van der Waals surface area contributed by atoms with Crippen molar-refractivity contribution < 1.29 is 9.32 Å². The Kier molecular flexibility index (Phi) is 3.98. The summed E-state index contributed by atoms with van der Waals surface area (Å²) >= 11 is 0. The maximum atomic E-state index is 11.1. The van der Waals surface area contributed by atoms with Crippen molar-refractivity contribution in [3.05, 3.63) is 29.3 Å². The highest BCUT2D eigenvalue weighted by Gasteiger charge is 2.26. The van der Waals surface area contributed by atoms with Gasteiger partial charge in [0, 0.05) is 44.4 Å². The van der Waals surface area contributed by atoms with Crippen LogP contribution in [0.25, 0.3) is 0 Å². The fraction of sp³-hybridized carbons (Fsp3) is 0.533. The molecule has 3 rings (SSSR count). The smallest absolute Gasteiger partial charge is 0.222 e. The molecule has 0 bridgehead atoms. The molecule has 7 heteroatoms. The number of rotatable bonds is 4. The normalized spacial score (nSPS) is 18.8. The fourth-order valence-electron chi connectivity index (χ4n) is 2.91. The molecule has 1 aliphatic rings. The lowest BCUT2D eigenvalue weighted by atomic mass is 10.2. The van der Waals surface area contributed by atoms with Gasteiger partial charge in [-0.15, -0.1) is 0 Å². The molecule has 0 spiro atoms. The average Bonchev–Trinajstić information content (AvgIpc) is 3.15. The minimum absolute atomic E-state index is 0.100. The van der Waals surface area contributed by atoms with Crippen LogP contribution in [0.5, 0.6) is 0 Å². The number of aryl methyl sites for hydroxylation is 2. The molecule has 22 heavy (non-hydrogen) atoms. The molecule has 1 atom stereocenters. The van der Waals surface area contributed by atoms with Crippen molar-refractivity contribution in [1.82, 2.24) is 19.8 Å². The summed E-state index contributed by atoms with van der Waals surface area (Å²) in [5.41, 5.74) is 2.15. The van der Waals surface area contributed by atoms with Gasteiger partial charge in [0.1, 0.15) is 5.76 Å². The van der Waals surface area contributed by atoms with E-state index in [9.17, 15) is 4.79 Å². The third-order valence-electron chi connectivity index (χ3n) is 4.10. The molecule has 0 radical (unpaired) electrons. The van der Waals surface area contributed by atoms with Crippen molar-refractivity contribution in [1.29, 1.82) is 0 Å². The quantitative estimate of drug-likeness (QED) is 0.933. The number of likely N-dealkylation sites (tertiary alicyclic amines) is 1. The molecule has 0 saturated carbocycles. The summed E-state index contributed by atoms with van der Waals surface area (Å²) in [5, 5.41) is 11.1.